The number of nitrogens with one attached hydrogen (secondary N) is 1. The van der Waals surface area contributed by atoms with Crippen LogP contribution in [0.1, 0.15) is 39.5 Å². The first-order valence-corrected chi connectivity index (χ1v) is 10.4. The second-order valence-corrected chi connectivity index (χ2v) is 8.15. The largest absolute Gasteiger partial charge is 0.496 e. The van der Waals surface area contributed by atoms with E-state index in [0.717, 1.165) is 49.4 Å². The normalized spacial score (nSPS) is 18.4. The Morgan fingerprint density at radius 2 is 1.97 bits per heavy atom. The third-order valence-electron chi connectivity index (χ3n) is 6.23. The number of aromatic amines is 1. The van der Waals surface area contributed by atoms with Gasteiger partial charge in [-0.05, 0) is 62.3 Å². The zero-order chi connectivity index (χ0) is 21.3. The van der Waals surface area contributed by atoms with Crippen LogP contribution in [0.2, 0.25) is 0 Å². The van der Waals surface area contributed by atoms with Crippen molar-refractivity contribution in [1.29, 1.82) is 0 Å². The predicted molar refractivity (Wildman–Crippen MR) is 118 cm³/mol. The summed E-state index contributed by atoms with van der Waals surface area (Å²) in [6, 6.07) is 11.8. The summed E-state index contributed by atoms with van der Waals surface area (Å²) in [6.45, 7) is 5.81. The summed E-state index contributed by atoms with van der Waals surface area (Å²) in [7, 11) is 3.89. The second kappa shape index (κ2) is 8.50. The maximum Gasteiger partial charge on any atom is 0.335 e. The molecule has 0 spiro atoms. The minimum Gasteiger partial charge on any atom is -0.496 e. The van der Waals surface area contributed by atoms with Crippen LogP contribution in [0.15, 0.2) is 42.6 Å². The van der Waals surface area contributed by atoms with Crippen molar-refractivity contribution in [3.8, 4) is 5.75 Å². The molecule has 2 heterocycles. The third kappa shape index (κ3) is 3.93. The van der Waals surface area contributed by atoms with Gasteiger partial charge in [0.15, 0.2) is 0 Å². The number of hydrogen-bond acceptors (Lipinski definition) is 4. The highest BCUT2D eigenvalue weighted by atomic mass is 16.5. The number of ether oxygens (including phenoxy) is 1. The lowest BCUT2D eigenvalue weighted by atomic mass is 9.98. The zero-order valence-electron chi connectivity index (χ0n) is 17.8. The fourth-order valence-corrected chi connectivity index (χ4v) is 4.49. The van der Waals surface area contributed by atoms with E-state index >= 15 is 0 Å². The molecule has 0 bridgehead atoms. The lowest BCUT2D eigenvalue weighted by Crippen LogP contribution is -2.31. The molecule has 1 aliphatic heterocycles. The highest BCUT2D eigenvalue weighted by Crippen LogP contribution is 2.35. The minimum atomic E-state index is -0.891. The zero-order valence-corrected chi connectivity index (χ0v) is 17.8. The van der Waals surface area contributed by atoms with Gasteiger partial charge in [-0.3, -0.25) is 4.90 Å². The van der Waals surface area contributed by atoms with Crippen molar-refractivity contribution in [2.24, 2.45) is 0 Å². The Hall–Kier alpha value is -2.83. The number of carbonyl (C=O) groups is 1. The molecule has 30 heavy (non-hydrogen) atoms. The molecule has 1 saturated heterocycles. The number of H-pyrrole nitrogens is 1. The summed E-state index contributed by atoms with van der Waals surface area (Å²) < 4.78 is 5.76. The molecule has 3 aromatic rings. The van der Waals surface area contributed by atoms with E-state index in [-0.39, 0.29) is 6.04 Å². The Balaban J connectivity index is 1.71. The van der Waals surface area contributed by atoms with Crippen molar-refractivity contribution in [2.45, 2.75) is 25.9 Å². The topological polar surface area (TPSA) is 68.8 Å². The van der Waals surface area contributed by atoms with Gasteiger partial charge < -0.3 is 19.7 Å². The first kappa shape index (κ1) is 20.4. The van der Waals surface area contributed by atoms with Crippen LogP contribution in [-0.2, 0) is 6.54 Å². The van der Waals surface area contributed by atoms with Crippen molar-refractivity contribution in [3.05, 3.63) is 64.8 Å². The van der Waals surface area contributed by atoms with Crippen LogP contribution in [-0.4, -0.2) is 59.7 Å². The van der Waals surface area contributed by atoms with Crippen LogP contribution in [0.25, 0.3) is 10.9 Å². The van der Waals surface area contributed by atoms with Gasteiger partial charge in [-0.25, -0.2) is 4.79 Å². The monoisotopic (exact) mass is 407 g/mol. The molecule has 0 unspecified atom stereocenters. The van der Waals surface area contributed by atoms with Crippen LogP contribution in [0, 0.1) is 6.92 Å². The van der Waals surface area contributed by atoms with Crippen molar-refractivity contribution in [2.75, 3.05) is 33.8 Å². The molecule has 0 saturated carbocycles. The molecule has 1 aliphatic rings. The van der Waals surface area contributed by atoms with Crippen LogP contribution in [0.4, 0.5) is 0 Å². The van der Waals surface area contributed by atoms with E-state index < -0.39 is 5.97 Å². The van der Waals surface area contributed by atoms with Gasteiger partial charge in [-0.1, -0.05) is 12.1 Å². The Morgan fingerprint density at radius 3 is 2.67 bits per heavy atom. The molecule has 2 aromatic carbocycles. The molecule has 1 atom stereocenters. The Labute approximate surface area is 177 Å². The van der Waals surface area contributed by atoms with Crippen molar-refractivity contribution in [3.63, 3.8) is 0 Å². The third-order valence-corrected chi connectivity index (χ3v) is 6.23. The number of hydrogen-bond donors (Lipinski definition) is 2. The highest BCUT2D eigenvalue weighted by Gasteiger charge is 2.26. The van der Waals surface area contributed by atoms with Gasteiger partial charge in [0.05, 0.1) is 12.7 Å². The molecular formula is C24H29N3O3. The summed E-state index contributed by atoms with van der Waals surface area (Å²) in [6.07, 6.45) is 2.98. The molecule has 6 nitrogen and oxygen atoms in total. The SMILES string of the molecule is COc1cc(C)c2[nH]ccc2c1CN1CCN(C)CC[C@@H]1c1ccc(C(=O)O)cc1. The smallest absolute Gasteiger partial charge is 0.335 e. The number of aromatic nitrogens is 1. The fraction of sp³-hybridized carbons (Fsp3) is 0.375. The van der Waals surface area contributed by atoms with Crippen molar-refractivity contribution < 1.29 is 14.6 Å². The summed E-state index contributed by atoms with van der Waals surface area (Å²) in [4.78, 5) is 19.5. The molecule has 158 valence electrons. The maximum atomic E-state index is 11.3. The molecule has 0 amide bonds. The van der Waals surface area contributed by atoms with E-state index in [2.05, 4.69) is 40.9 Å². The van der Waals surface area contributed by atoms with Crippen LogP contribution < -0.4 is 4.74 Å². The number of fused-ring (bicyclic) bond motifs is 1. The van der Waals surface area contributed by atoms with E-state index in [1.54, 1.807) is 19.2 Å². The first-order valence-electron chi connectivity index (χ1n) is 10.4. The Bertz CT molecular complexity index is 1040. The number of methoxy groups -OCH3 is 1. The van der Waals surface area contributed by atoms with Gasteiger partial charge in [-0.2, -0.15) is 0 Å². The predicted octanol–water partition coefficient (Wildman–Crippen LogP) is 4.06. The highest BCUT2D eigenvalue weighted by molar-refractivity contribution is 5.88. The van der Waals surface area contributed by atoms with E-state index in [1.165, 1.54) is 16.5 Å². The van der Waals surface area contributed by atoms with E-state index in [0.29, 0.717) is 5.56 Å². The fourth-order valence-electron chi connectivity index (χ4n) is 4.49. The number of aryl methyl sites for hydroxylation is 1. The number of rotatable bonds is 5. The van der Waals surface area contributed by atoms with Crippen LogP contribution in [0.3, 0.4) is 0 Å². The molecule has 0 aliphatic carbocycles. The van der Waals surface area contributed by atoms with Gasteiger partial charge in [0, 0.05) is 48.3 Å². The van der Waals surface area contributed by atoms with Crippen LogP contribution in [0.5, 0.6) is 5.75 Å². The lowest BCUT2D eigenvalue weighted by molar-refractivity contribution is 0.0697. The quantitative estimate of drug-likeness (QED) is 0.668. The van der Waals surface area contributed by atoms with E-state index in [4.69, 9.17) is 4.74 Å². The molecule has 4 rings (SSSR count). The molecular weight excluding hydrogens is 378 g/mol. The standard InChI is InChI=1S/C24H29N3O3/c1-16-14-22(30-3)20(19-8-10-25-23(16)19)15-27-13-12-26(2)11-9-21(27)17-4-6-18(7-5-17)24(28)29/h4-8,10,14,21,25H,9,11-13,15H2,1-3H3,(H,28,29)/t21-/m1/s1. The van der Waals surface area contributed by atoms with Gasteiger partial charge in [0.1, 0.15) is 5.75 Å². The molecule has 6 heteroatoms. The van der Waals surface area contributed by atoms with Crippen LogP contribution >= 0.6 is 0 Å². The summed E-state index contributed by atoms with van der Waals surface area (Å²) >= 11 is 0. The molecule has 1 fully saturated rings. The molecule has 2 N–H and O–H groups in total. The molecule has 0 radical (unpaired) electrons. The van der Waals surface area contributed by atoms with Gasteiger partial charge in [0.25, 0.3) is 0 Å². The molecule has 1 aromatic heterocycles. The number of benzene rings is 2. The van der Waals surface area contributed by atoms with Gasteiger partial charge in [-0.15, -0.1) is 0 Å². The number of carboxylic acid groups (broad SMARTS) is 1. The summed E-state index contributed by atoms with van der Waals surface area (Å²) in [5.74, 6) is 0.0235. The Kier molecular flexibility index (Phi) is 5.79. The number of nitrogens with zero attached hydrogens (tertiary/aromatic N) is 2. The maximum absolute atomic E-state index is 11.3. The van der Waals surface area contributed by atoms with E-state index in [9.17, 15) is 9.90 Å². The average molecular weight is 408 g/mol. The second-order valence-electron chi connectivity index (χ2n) is 8.15. The Morgan fingerprint density at radius 1 is 1.20 bits per heavy atom. The number of likely N-dealkylation sites (N-methyl/N-ethyl adjacent to an activating group) is 1. The van der Waals surface area contributed by atoms with Crippen molar-refractivity contribution in [1.82, 2.24) is 14.8 Å². The average Bonchev–Trinajstić information content (AvgIpc) is 3.17. The summed E-state index contributed by atoms with van der Waals surface area (Å²) in [5.41, 5.74) is 5.00. The first-order chi connectivity index (χ1) is 14.5. The summed E-state index contributed by atoms with van der Waals surface area (Å²) in [5, 5.41) is 10.4. The van der Waals surface area contributed by atoms with E-state index in [1.807, 2.05) is 18.3 Å². The number of carboxylic acids is 1. The lowest BCUT2D eigenvalue weighted by Gasteiger charge is -2.31. The minimum absolute atomic E-state index is 0.220. The van der Waals surface area contributed by atoms with Gasteiger partial charge in [0.2, 0.25) is 0 Å². The van der Waals surface area contributed by atoms with Gasteiger partial charge >= 0.3 is 5.97 Å². The number of aromatic carboxylic acids is 1. The van der Waals surface area contributed by atoms with Crippen molar-refractivity contribution >= 4 is 16.9 Å².